The van der Waals surface area contributed by atoms with Crippen molar-refractivity contribution in [2.45, 2.75) is 13.3 Å². The molecule has 1 aliphatic heterocycles. The van der Waals surface area contributed by atoms with Crippen LogP contribution in [-0.2, 0) is 0 Å². The van der Waals surface area contributed by atoms with Crippen LogP contribution in [0, 0.1) is 5.92 Å². The van der Waals surface area contributed by atoms with Crippen LogP contribution in [-0.4, -0.2) is 30.3 Å². The molecule has 0 spiro atoms. The number of hydrogen-bond donors (Lipinski definition) is 0. The molecule has 0 bridgehead atoms. The largest absolute Gasteiger partial charge is 0.573 e. The Morgan fingerprint density at radius 3 is 2.58 bits per heavy atom. The fourth-order valence-electron chi connectivity index (χ4n) is 1.90. The van der Waals surface area contributed by atoms with Gasteiger partial charge in [0.05, 0.1) is 5.56 Å². The monoisotopic (exact) mass is 337 g/mol. The molecule has 0 radical (unpaired) electrons. The lowest BCUT2D eigenvalue weighted by molar-refractivity contribution is -0.274. The molecule has 104 valence electrons. The van der Waals surface area contributed by atoms with E-state index in [2.05, 4.69) is 20.7 Å². The van der Waals surface area contributed by atoms with Gasteiger partial charge in [-0.15, -0.1) is 13.2 Å². The fraction of sp³-hybridized carbons (Fsp3) is 0.417. The number of likely N-dealkylation sites (tertiary alicyclic amines) is 1. The summed E-state index contributed by atoms with van der Waals surface area (Å²) in [5.41, 5.74) is 0.175. The number of hydrogen-bond acceptors (Lipinski definition) is 2. The Labute approximate surface area is 116 Å². The zero-order chi connectivity index (χ0) is 14.2. The molecule has 1 aromatic rings. The van der Waals surface area contributed by atoms with Crippen molar-refractivity contribution in [3.05, 3.63) is 28.2 Å². The predicted molar refractivity (Wildman–Crippen MR) is 65.9 cm³/mol. The van der Waals surface area contributed by atoms with Crippen molar-refractivity contribution in [1.29, 1.82) is 0 Å². The van der Waals surface area contributed by atoms with Gasteiger partial charge in [-0.25, -0.2) is 0 Å². The van der Waals surface area contributed by atoms with E-state index in [9.17, 15) is 18.0 Å². The number of amides is 1. The summed E-state index contributed by atoms with van der Waals surface area (Å²) < 4.78 is 40.7. The van der Waals surface area contributed by atoms with E-state index in [1.54, 1.807) is 4.90 Å². The first kappa shape index (κ1) is 14.2. The smallest absolute Gasteiger partial charge is 0.406 e. The van der Waals surface area contributed by atoms with Gasteiger partial charge in [0.15, 0.2) is 0 Å². The fourth-order valence-corrected chi connectivity index (χ4v) is 2.32. The highest BCUT2D eigenvalue weighted by Crippen LogP contribution is 2.29. The molecule has 0 N–H and O–H groups in total. The van der Waals surface area contributed by atoms with Crippen molar-refractivity contribution >= 4 is 21.8 Å². The minimum atomic E-state index is -4.76. The second-order valence-corrected chi connectivity index (χ2v) is 5.36. The summed E-state index contributed by atoms with van der Waals surface area (Å²) in [6, 6.07) is 3.63. The summed E-state index contributed by atoms with van der Waals surface area (Å²) in [5.74, 6) is -0.262. The van der Waals surface area contributed by atoms with Gasteiger partial charge in [0.2, 0.25) is 0 Å². The van der Waals surface area contributed by atoms with E-state index in [1.165, 1.54) is 6.07 Å². The van der Waals surface area contributed by atoms with Crippen molar-refractivity contribution in [3.8, 4) is 5.75 Å². The maximum absolute atomic E-state index is 12.1. The third-order valence-electron chi connectivity index (χ3n) is 2.75. The highest BCUT2D eigenvalue weighted by Gasteiger charge is 2.33. The van der Waals surface area contributed by atoms with Crippen molar-refractivity contribution in [2.75, 3.05) is 13.1 Å². The van der Waals surface area contributed by atoms with E-state index in [4.69, 9.17) is 0 Å². The number of rotatable bonds is 2. The molecule has 0 aromatic heterocycles. The number of benzene rings is 1. The quantitative estimate of drug-likeness (QED) is 0.827. The highest BCUT2D eigenvalue weighted by molar-refractivity contribution is 9.10. The molecule has 0 aliphatic carbocycles. The minimum absolute atomic E-state index is 0.175. The molecule has 1 heterocycles. The van der Waals surface area contributed by atoms with Gasteiger partial charge < -0.3 is 9.64 Å². The van der Waals surface area contributed by atoms with Crippen LogP contribution in [0.2, 0.25) is 0 Å². The van der Waals surface area contributed by atoms with E-state index < -0.39 is 12.1 Å². The normalized spacial score (nSPS) is 16.2. The number of halogens is 4. The Morgan fingerprint density at radius 1 is 1.42 bits per heavy atom. The highest BCUT2D eigenvalue weighted by atomic mass is 79.9. The summed E-state index contributed by atoms with van der Waals surface area (Å²) in [4.78, 5) is 13.7. The predicted octanol–water partition coefficient (Wildman–Crippen LogP) is 3.44. The van der Waals surface area contributed by atoms with Gasteiger partial charge >= 0.3 is 6.36 Å². The van der Waals surface area contributed by atoms with Crippen molar-refractivity contribution in [2.24, 2.45) is 5.92 Å². The van der Waals surface area contributed by atoms with Crippen LogP contribution < -0.4 is 4.74 Å². The first-order valence-corrected chi connectivity index (χ1v) is 6.40. The van der Waals surface area contributed by atoms with Crippen LogP contribution in [0.3, 0.4) is 0 Å². The molecule has 3 nitrogen and oxygen atoms in total. The molecular formula is C12H11BrF3NO2. The maximum Gasteiger partial charge on any atom is 0.573 e. The number of ether oxygens (including phenoxy) is 1. The Balaban J connectivity index is 2.20. The van der Waals surface area contributed by atoms with Crippen LogP contribution in [0.5, 0.6) is 5.75 Å². The molecule has 1 amide bonds. The first-order valence-electron chi connectivity index (χ1n) is 5.61. The average Bonchev–Trinajstić information content (AvgIpc) is 2.25. The summed E-state index contributed by atoms with van der Waals surface area (Å²) in [5, 5.41) is 0. The second-order valence-electron chi connectivity index (χ2n) is 4.50. The van der Waals surface area contributed by atoms with E-state index >= 15 is 0 Å². The summed E-state index contributed by atoms with van der Waals surface area (Å²) in [6.07, 6.45) is -4.76. The lowest BCUT2D eigenvalue weighted by Crippen LogP contribution is -2.48. The van der Waals surface area contributed by atoms with Crippen LogP contribution >= 0.6 is 15.9 Å². The molecule has 1 aromatic carbocycles. The third kappa shape index (κ3) is 3.40. The minimum Gasteiger partial charge on any atom is -0.406 e. The Hall–Kier alpha value is -1.24. The topological polar surface area (TPSA) is 29.5 Å². The maximum atomic E-state index is 12.1. The number of nitrogens with zero attached hydrogens (tertiary/aromatic N) is 1. The standard InChI is InChI=1S/C12H11BrF3NO2/c1-7-5-17(6-7)11(18)9-4-8(2-3-10(9)13)19-12(14,15)16/h2-4,7H,5-6H2,1H3. The average molecular weight is 338 g/mol. The molecule has 0 saturated carbocycles. The van der Waals surface area contributed by atoms with E-state index in [0.717, 1.165) is 12.1 Å². The van der Waals surface area contributed by atoms with Crippen LogP contribution in [0.15, 0.2) is 22.7 Å². The summed E-state index contributed by atoms with van der Waals surface area (Å²) in [7, 11) is 0. The van der Waals surface area contributed by atoms with Crippen molar-refractivity contribution in [1.82, 2.24) is 4.90 Å². The van der Waals surface area contributed by atoms with Crippen LogP contribution in [0.25, 0.3) is 0 Å². The lowest BCUT2D eigenvalue weighted by atomic mass is 10.0. The third-order valence-corrected chi connectivity index (χ3v) is 3.44. The number of alkyl halides is 3. The molecule has 1 fully saturated rings. The lowest BCUT2D eigenvalue weighted by Gasteiger charge is -2.37. The molecule has 19 heavy (non-hydrogen) atoms. The first-order chi connectivity index (χ1) is 8.76. The molecule has 7 heteroatoms. The molecule has 1 aliphatic rings. The number of carbonyl (C=O) groups is 1. The van der Waals surface area contributed by atoms with Crippen molar-refractivity contribution < 1.29 is 22.7 Å². The molecular weight excluding hydrogens is 327 g/mol. The van der Waals surface area contributed by atoms with Gasteiger partial charge in [0, 0.05) is 17.6 Å². The van der Waals surface area contributed by atoms with Gasteiger partial charge in [-0.3, -0.25) is 4.79 Å². The van der Waals surface area contributed by atoms with Gasteiger partial charge in [0.25, 0.3) is 5.91 Å². The molecule has 2 rings (SSSR count). The second kappa shape index (κ2) is 5.03. The Bertz CT molecular complexity index is 498. The van der Waals surface area contributed by atoms with E-state index in [0.29, 0.717) is 23.5 Å². The van der Waals surface area contributed by atoms with Gasteiger partial charge in [-0.05, 0) is 40.0 Å². The van der Waals surface area contributed by atoms with Crippen molar-refractivity contribution in [3.63, 3.8) is 0 Å². The molecule has 1 saturated heterocycles. The van der Waals surface area contributed by atoms with Crippen LogP contribution in [0.4, 0.5) is 13.2 Å². The van der Waals surface area contributed by atoms with Gasteiger partial charge in [0.1, 0.15) is 5.75 Å². The molecule has 0 atom stereocenters. The SMILES string of the molecule is CC1CN(C(=O)c2cc(OC(F)(F)F)ccc2Br)C1. The Kier molecular flexibility index (Phi) is 3.75. The summed E-state index contributed by atoms with van der Waals surface area (Å²) >= 11 is 3.16. The van der Waals surface area contributed by atoms with E-state index in [-0.39, 0.29) is 11.5 Å². The number of carbonyl (C=O) groups excluding carboxylic acids is 1. The van der Waals surface area contributed by atoms with Gasteiger partial charge in [-0.1, -0.05) is 6.92 Å². The summed E-state index contributed by atoms with van der Waals surface area (Å²) in [6.45, 7) is 3.24. The van der Waals surface area contributed by atoms with E-state index in [1.807, 2.05) is 6.92 Å². The zero-order valence-electron chi connectivity index (χ0n) is 10.00. The zero-order valence-corrected chi connectivity index (χ0v) is 11.6. The molecule has 0 unspecified atom stereocenters. The van der Waals surface area contributed by atoms with Gasteiger partial charge in [-0.2, -0.15) is 0 Å². The Morgan fingerprint density at radius 2 is 2.05 bits per heavy atom. The van der Waals surface area contributed by atoms with Crippen LogP contribution in [0.1, 0.15) is 17.3 Å².